The maximum Gasteiger partial charge on any atom is 0.149 e. The van der Waals surface area contributed by atoms with Gasteiger partial charge >= 0.3 is 0 Å². The zero-order chi connectivity index (χ0) is 15.4. The number of benzene rings is 1. The van der Waals surface area contributed by atoms with Crippen LogP contribution in [0.3, 0.4) is 0 Å². The molecule has 3 rings (SSSR count). The monoisotopic (exact) mass is 301 g/mol. The third-order valence-electron chi connectivity index (χ3n) is 3.52. The zero-order valence-corrected chi connectivity index (χ0v) is 11.9. The molecule has 2 heterocycles. The third-order valence-corrected chi connectivity index (χ3v) is 3.52. The van der Waals surface area contributed by atoms with Crippen LogP contribution in [0.2, 0.25) is 0 Å². The second-order valence-electron chi connectivity index (χ2n) is 5.02. The first kappa shape index (κ1) is 14.4. The van der Waals surface area contributed by atoms with Crippen LogP contribution < -0.4 is 20.6 Å². The van der Waals surface area contributed by atoms with Crippen LogP contribution in [-0.4, -0.2) is 31.6 Å². The summed E-state index contributed by atoms with van der Waals surface area (Å²) in [5.41, 5.74) is 3.99. The van der Waals surface area contributed by atoms with Crippen LogP contribution in [0.15, 0.2) is 35.6 Å². The van der Waals surface area contributed by atoms with Crippen LogP contribution in [0.5, 0.6) is 5.75 Å². The van der Waals surface area contributed by atoms with Gasteiger partial charge in [0.1, 0.15) is 24.1 Å². The van der Waals surface area contributed by atoms with E-state index in [4.69, 9.17) is 4.74 Å². The molecule has 0 amide bonds. The first-order valence-electron chi connectivity index (χ1n) is 7.09. The number of anilines is 1. The van der Waals surface area contributed by atoms with Gasteiger partial charge in [0.25, 0.3) is 0 Å². The lowest BCUT2D eigenvalue weighted by molar-refractivity contribution is 0.0729. The quantitative estimate of drug-likeness (QED) is 0.884. The second-order valence-corrected chi connectivity index (χ2v) is 5.02. The van der Waals surface area contributed by atoms with E-state index in [1.807, 2.05) is 0 Å². The number of nitrogens with one attached hydrogen (secondary N) is 2. The predicted octanol–water partition coefficient (Wildman–Crippen LogP) is 1.46. The van der Waals surface area contributed by atoms with Crippen LogP contribution in [0.4, 0.5) is 10.1 Å². The molecule has 0 radical (unpaired) electrons. The molecule has 2 aliphatic rings. The first-order valence-corrected chi connectivity index (χ1v) is 7.09. The van der Waals surface area contributed by atoms with Gasteiger partial charge in [-0.25, -0.2) is 4.39 Å². The molecule has 22 heavy (non-hydrogen) atoms. The molecule has 1 aromatic rings. The molecule has 1 saturated heterocycles. The van der Waals surface area contributed by atoms with Gasteiger partial charge in [0.05, 0.1) is 17.5 Å². The van der Waals surface area contributed by atoms with Crippen LogP contribution in [0, 0.1) is 11.3 Å². The van der Waals surface area contributed by atoms with Gasteiger partial charge in [0.2, 0.25) is 0 Å². The summed E-state index contributed by atoms with van der Waals surface area (Å²) in [6.07, 6.45) is 4.11. The van der Waals surface area contributed by atoms with Crippen LogP contribution in [0.25, 0.3) is 0 Å². The van der Waals surface area contributed by atoms with E-state index in [1.54, 1.807) is 36.7 Å². The number of hydrogen-bond donors (Lipinski definition) is 2. The summed E-state index contributed by atoms with van der Waals surface area (Å²) in [5.74, 6) is 0.400. The highest BCUT2D eigenvalue weighted by Gasteiger charge is 2.27. The van der Waals surface area contributed by atoms with Crippen LogP contribution in [0.1, 0.15) is 12.0 Å². The SMILES string of the molecule is N#Cc1cc(N2N=CC=CN2)ccc1O[C@H]1CCNC[C@H]1F. The Bertz CT molecular complexity index is 639. The average Bonchev–Trinajstić information content (AvgIpc) is 2.58. The van der Waals surface area contributed by atoms with Gasteiger partial charge < -0.3 is 10.1 Å². The third kappa shape index (κ3) is 3.02. The largest absolute Gasteiger partial charge is 0.486 e. The van der Waals surface area contributed by atoms with Crippen LogP contribution >= 0.6 is 0 Å². The molecule has 0 saturated carbocycles. The van der Waals surface area contributed by atoms with Crippen molar-refractivity contribution >= 4 is 11.9 Å². The van der Waals surface area contributed by atoms with Crippen LogP contribution in [-0.2, 0) is 0 Å². The number of nitriles is 1. The van der Waals surface area contributed by atoms with Crippen molar-refractivity contribution in [2.75, 3.05) is 18.2 Å². The molecule has 1 fully saturated rings. The summed E-state index contributed by atoms with van der Waals surface area (Å²) >= 11 is 0. The van der Waals surface area contributed by atoms with E-state index in [9.17, 15) is 9.65 Å². The maximum atomic E-state index is 13.8. The number of rotatable bonds is 3. The molecule has 2 atom stereocenters. The van der Waals surface area contributed by atoms with E-state index < -0.39 is 12.3 Å². The van der Waals surface area contributed by atoms with Crippen molar-refractivity contribution in [1.29, 1.82) is 5.26 Å². The fourth-order valence-corrected chi connectivity index (χ4v) is 2.37. The molecule has 0 aliphatic carbocycles. The topological polar surface area (TPSA) is 72.7 Å². The van der Waals surface area contributed by atoms with E-state index in [1.165, 1.54) is 5.12 Å². The van der Waals surface area contributed by atoms with E-state index in [-0.39, 0.29) is 6.54 Å². The second kappa shape index (κ2) is 6.45. The molecular weight excluding hydrogens is 285 g/mol. The Morgan fingerprint density at radius 2 is 2.36 bits per heavy atom. The van der Waals surface area contributed by atoms with E-state index in [0.29, 0.717) is 30.0 Å². The lowest BCUT2D eigenvalue weighted by Gasteiger charge is -2.28. The molecule has 1 aromatic carbocycles. The summed E-state index contributed by atoms with van der Waals surface area (Å²) in [4.78, 5) is 0. The Balaban J connectivity index is 1.79. The minimum Gasteiger partial charge on any atom is -0.486 e. The Labute approximate surface area is 127 Å². The molecule has 6 nitrogen and oxygen atoms in total. The summed E-state index contributed by atoms with van der Waals surface area (Å²) in [7, 11) is 0. The summed E-state index contributed by atoms with van der Waals surface area (Å²) in [6.45, 7) is 0.993. The van der Waals surface area contributed by atoms with Gasteiger partial charge in [-0.1, -0.05) is 0 Å². The number of piperidine rings is 1. The number of alkyl halides is 1. The van der Waals surface area contributed by atoms with E-state index in [0.717, 1.165) is 0 Å². The molecule has 2 aliphatic heterocycles. The number of allylic oxidation sites excluding steroid dienone is 1. The minimum atomic E-state index is -1.07. The van der Waals surface area contributed by atoms with E-state index in [2.05, 4.69) is 21.9 Å². The molecule has 0 spiro atoms. The maximum absolute atomic E-state index is 13.8. The molecule has 114 valence electrons. The average molecular weight is 301 g/mol. The Hall–Kier alpha value is -2.59. The van der Waals surface area contributed by atoms with Gasteiger partial charge in [0, 0.05) is 12.7 Å². The smallest absolute Gasteiger partial charge is 0.149 e. The molecule has 0 bridgehead atoms. The highest BCUT2D eigenvalue weighted by molar-refractivity contribution is 5.73. The number of ether oxygens (including phenoxy) is 1. The molecule has 7 heteroatoms. The van der Waals surface area contributed by atoms with Crippen molar-refractivity contribution in [3.8, 4) is 11.8 Å². The lowest BCUT2D eigenvalue weighted by atomic mass is 10.1. The standard InChI is InChI=1S/C15H16FN5O/c16-13-10-18-7-4-15(13)22-14-3-2-12(8-11(14)9-17)21-19-5-1-6-20-21/h1-3,5-6,8,13,15,18-19H,4,7,10H2/t13-,15+/m1/s1. The Morgan fingerprint density at radius 3 is 3.09 bits per heavy atom. The normalized spacial score (nSPS) is 23.7. The van der Waals surface area contributed by atoms with Gasteiger partial charge in [-0.2, -0.15) is 15.5 Å². The van der Waals surface area contributed by atoms with Gasteiger partial charge in [-0.15, -0.1) is 0 Å². The summed E-state index contributed by atoms with van der Waals surface area (Å²) < 4.78 is 19.5. The fourth-order valence-electron chi connectivity index (χ4n) is 2.37. The van der Waals surface area contributed by atoms with Gasteiger partial charge in [-0.05, 0) is 37.2 Å². The molecular formula is C15H16FN5O. The lowest BCUT2D eigenvalue weighted by Crippen LogP contribution is -2.44. The first-order chi connectivity index (χ1) is 10.8. The van der Waals surface area contributed by atoms with Gasteiger partial charge in [0.15, 0.2) is 0 Å². The molecule has 2 N–H and O–H groups in total. The number of hydrazine groups is 1. The highest BCUT2D eigenvalue weighted by Crippen LogP contribution is 2.27. The predicted molar refractivity (Wildman–Crippen MR) is 81.2 cm³/mol. The van der Waals surface area contributed by atoms with Crippen molar-refractivity contribution in [3.05, 3.63) is 36.0 Å². The number of hydrazone groups is 1. The Morgan fingerprint density at radius 1 is 1.45 bits per heavy atom. The Kier molecular flexibility index (Phi) is 4.21. The fraction of sp³-hybridized carbons (Fsp3) is 0.333. The van der Waals surface area contributed by atoms with Crippen molar-refractivity contribution in [3.63, 3.8) is 0 Å². The molecule has 0 unspecified atom stereocenters. The number of halogens is 1. The highest BCUT2D eigenvalue weighted by atomic mass is 19.1. The summed E-state index contributed by atoms with van der Waals surface area (Å²) in [6, 6.07) is 7.20. The van der Waals surface area contributed by atoms with Crippen molar-refractivity contribution < 1.29 is 9.13 Å². The minimum absolute atomic E-state index is 0.281. The van der Waals surface area contributed by atoms with Crippen molar-refractivity contribution in [2.45, 2.75) is 18.7 Å². The van der Waals surface area contributed by atoms with Gasteiger partial charge in [-0.3, -0.25) is 5.43 Å². The zero-order valence-electron chi connectivity index (χ0n) is 11.9. The van der Waals surface area contributed by atoms with E-state index >= 15 is 0 Å². The molecule has 0 aromatic heterocycles. The number of hydrogen-bond acceptors (Lipinski definition) is 6. The summed E-state index contributed by atoms with van der Waals surface area (Å²) in [5, 5.41) is 17.9. The van der Waals surface area contributed by atoms with Crippen molar-refractivity contribution in [1.82, 2.24) is 10.7 Å². The number of nitrogens with zero attached hydrogens (tertiary/aromatic N) is 3. The van der Waals surface area contributed by atoms with Crippen molar-refractivity contribution in [2.24, 2.45) is 5.10 Å².